The van der Waals surface area contributed by atoms with Gasteiger partial charge in [0.2, 0.25) is 5.91 Å². The van der Waals surface area contributed by atoms with Crippen molar-refractivity contribution in [3.63, 3.8) is 0 Å². The Bertz CT molecular complexity index is 2330. The minimum atomic E-state index is -4.42. The number of rotatable bonds is 16. The minimum absolute atomic E-state index is 0.0193. The summed E-state index contributed by atoms with van der Waals surface area (Å²) in [6.45, 7) is 9.81. The number of anilines is 3. The first kappa shape index (κ1) is 43.0. The third-order valence-electron chi connectivity index (χ3n) is 7.90. The van der Waals surface area contributed by atoms with E-state index in [1.54, 1.807) is 30.3 Å². The van der Waals surface area contributed by atoms with Crippen LogP contribution < -0.4 is 20.3 Å². The highest BCUT2D eigenvalue weighted by Crippen LogP contribution is 2.40. The van der Waals surface area contributed by atoms with Gasteiger partial charge in [-0.25, -0.2) is 4.68 Å². The van der Waals surface area contributed by atoms with E-state index in [0.29, 0.717) is 36.6 Å². The van der Waals surface area contributed by atoms with Gasteiger partial charge in [0.05, 0.1) is 32.1 Å². The molecule has 16 nitrogen and oxygen atoms in total. The number of azo groups is 1. The molecule has 4 aromatic rings. The summed E-state index contributed by atoms with van der Waals surface area (Å²) in [6, 6.07) is 15.7. The van der Waals surface area contributed by atoms with Crippen LogP contribution in [-0.2, 0) is 30.4 Å². The number of nitrogens with zero attached hydrogens (tertiary/aromatic N) is 6. The predicted octanol–water partition coefficient (Wildman–Crippen LogP) is 7.91. The average molecular weight is 836 g/mol. The normalized spacial score (nSPS) is 12.1. The fourth-order valence-corrected chi connectivity index (χ4v) is 7.07. The highest BCUT2D eigenvalue weighted by molar-refractivity contribution is 7.86. The molecule has 3 aromatic carbocycles. The van der Waals surface area contributed by atoms with E-state index in [1.165, 1.54) is 35.9 Å². The Morgan fingerprint density at radius 2 is 1.73 bits per heavy atom. The number of ether oxygens (including phenoxy) is 1. The van der Waals surface area contributed by atoms with E-state index >= 15 is 0 Å². The zero-order chi connectivity index (χ0) is 40.7. The number of nitriles is 1. The Labute approximate surface area is 329 Å². The first-order valence-electron chi connectivity index (χ1n) is 16.7. The van der Waals surface area contributed by atoms with E-state index in [1.807, 2.05) is 32.6 Å². The Morgan fingerprint density at radius 1 is 1.04 bits per heavy atom. The van der Waals surface area contributed by atoms with Gasteiger partial charge in [-0.3, -0.25) is 13.9 Å². The topological polar surface area (TPSA) is 229 Å². The summed E-state index contributed by atoms with van der Waals surface area (Å²) >= 11 is 13.6. The maximum atomic E-state index is 12.2. The zero-order valence-corrected chi connectivity index (χ0v) is 33.7. The number of benzene rings is 3. The molecule has 55 heavy (non-hydrogen) atoms. The molecule has 0 atom stereocenters. The maximum Gasteiger partial charge on any atom is 0.294 e. The van der Waals surface area contributed by atoms with E-state index in [0.717, 1.165) is 5.69 Å². The summed E-state index contributed by atoms with van der Waals surface area (Å²) in [7, 11) is -8.48. The fourth-order valence-electron chi connectivity index (χ4n) is 5.34. The molecule has 0 saturated carbocycles. The average Bonchev–Trinajstić information content (AvgIpc) is 3.45. The van der Waals surface area contributed by atoms with E-state index in [2.05, 4.69) is 26.9 Å². The van der Waals surface area contributed by atoms with Crippen LogP contribution in [-0.4, -0.2) is 67.2 Å². The van der Waals surface area contributed by atoms with Gasteiger partial charge in [-0.2, -0.15) is 27.2 Å². The minimum Gasteiger partial charge on any atom is -0.473 e. The van der Waals surface area contributed by atoms with Crippen molar-refractivity contribution in [3.8, 4) is 17.5 Å². The van der Waals surface area contributed by atoms with Crippen LogP contribution in [0.2, 0.25) is 10.0 Å². The smallest absolute Gasteiger partial charge is 0.294 e. The number of halogens is 2. The molecule has 20 heteroatoms. The molecule has 4 rings (SSSR count). The number of carbonyl (C=O) groups excluding carboxylic acids is 1. The quantitative estimate of drug-likeness (QED) is 0.0365. The molecule has 0 aliphatic heterocycles. The number of hydrogen-bond donors (Lipinski definition) is 4. The van der Waals surface area contributed by atoms with Crippen LogP contribution in [0.25, 0.3) is 5.69 Å². The summed E-state index contributed by atoms with van der Waals surface area (Å²) in [5.74, 6) is -0.516. The van der Waals surface area contributed by atoms with Gasteiger partial charge in [0.1, 0.15) is 28.8 Å². The van der Waals surface area contributed by atoms with Gasteiger partial charge in [-0.05, 0) is 62.2 Å². The number of carbonyl (C=O) groups is 1. The van der Waals surface area contributed by atoms with E-state index in [4.69, 9.17) is 37.6 Å². The lowest BCUT2D eigenvalue weighted by atomic mass is 9.90. The molecular weight excluding hydrogens is 795 g/mol. The molecule has 0 aliphatic carbocycles. The zero-order valence-electron chi connectivity index (χ0n) is 30.5. The lowest BCUT2D eigenvalue weighted by molar-refractivity contribution is -0.114. The molecule has 1 heterocycles. The van der Waals surface area contributed by atoms with Gasteiger partial charge >= 0.3 is 0 Å². The summed E-state index contributed by atoms with van der Waals surface area (Å²) in [5.41, 5.74) is 1.81. The van der Waals surface area contributed by atoms with Crippen LogP contribution in [0.1, 0.15) is 58.7 Å². The van der Waals surface area contributed by atoms with Gasteiger partial charge in [-0.1, -0.05) is 50.0 Å². The Kier molecular flexibility index (Phi) is 13.9. The number of aromatic nitrogens is 2. The van der Waals surface area contributed by atoms with Crippen molar-refractivity contribution < 1.29 is 35.5 Å². The molecule has 1 aromatic heterocycles. The van der Waals surface area contributed by atoms with E-state index < -0.39 is 25.7 Å². The van der Waals surface area contributed by atoms with E-state index in [9.17, 15) is 31.4 Å². The van der Waals surface area contributed by atoms with Crippen LogP contribution in [0, 0.1) is 11.3 Å². The molecule has 1 amide bonds. The third kappa shape index (κ3) is 11.6. The second-order valence-electron chi connectivity index (χ2n) is 13.2. The van der Waals surface area contributed by atoms with Crippen LogP contribution in [0.3, 0.4) is 0 Å². The van der Waals surface area contributed by atoms with E-state index in [-0.39, 0.29) is 68.3 Å². The molecule has 0 aliphatic rings. The van der Waals surface area contributed by atoms with Gasteiger partial charge in [0, 0.05) is 42.9 Å². The number of hydrogen-bond acceptors (Lipinski definition) is 12. The van der Waals surface area contributed by atoms with Gasteiger partial charge < -0.3 is 20.3 Å². The molecule has 0 spiro atoms. The molecule has 4 N–H and O–H groups in total. The highest BCUT2D eigenvalue weighted by atomic mass is 35.5. The first-order valence-corrected chi connectivity index (χ1v) is 20.5. The second-order valence-corrected chi connectivity index (χ2v) is 17.0. The van der Waals surface area contributed by atoms with Crippen LogP contribution in [0.15, 0.2) is 69.7 Å². The molecular formula is C35H40Cl2N8O8S2. The Balaban J connectivity index is 1.69. The largest absolute Gasteiger partial charge is 0.473 e. The van der Waals surface area contributed by atoms with Gasteiger partial charge in [0.15, 0.2) is 12.5 Å². The second kappa shape index (κ2) is 17.8. The van der Waals surface area contributed by atoms with Crippen molar-refractivity contribution in [2.75, 3.05) is 41.1 Å². The molecule has 0 bridgehead atoms. The van der Waals surface area contributed by atoms with Crippen molar-refractivity contribution in [3.05, 3.63) is 75.9 Å². The lowest BCUT2D eigenvalue weighted by Gasteiger charge is -2.24. The van der Waals surface area contributed by atoms with Crippen LogP contribution in [0.5, 0.6) is 5.75 Å². The van der Waals surface area contributed by atoms with Crippen molar-refractivity contribution in [1.82, 2.24) is 9.78 Å². The summed E-state index contributed by atoms with van der Waals surface area (Å²) < 4.78 is 70.5. The number of unbranched alkanes of at least 4 members (excludes halogenated alkanes) is 1. The van der Waals surface area contributed by atoms with Crippen molar-refractivity contribution >= 4 is 77.9 Å². The number of nitrogens with one attached hydrogen (secondary N) is 2. The lowest BCUT2D eigenvalue weighted by Crippen LogP contribution is -2.24. The first-order chi connectivity index (χ1) is 25.7. The Morgan fingerprint density at radius 3 is 2.31 bits per heavy atom. The van der Waals surface area contributed by atoms with Crippen LogP contribution >= 0.6 is 23.2 Å². The monoisotopic (exact) mass is 834 g/mol. The fraction of sp³-hybridized carbons (Fsp3) is 0.343. The summed E-state index contributed by atoms with van der Waals surface area (Å²) in [4.78, 5) is 13.9. The summed E-state index contributed by atoms with van der Waals surface area (Å²) in [6.07, 6.45) is 0.760. The molecule has 0 saturated heterocycles. The molecule has 0 unspecified atom stereocenters. The molecule has 0 radical (unpaired) electrons. The maximum absolute atomic E-state index is 12.2. The standard InChI is InChI=1S/C35H40Cl2N8O8S2/c1-6-44(14-7-8-15-54(47,48)49)24-12-13-30(31(18-24)40-22(2)46)41-42-34-27(20-38)33(35(3,4)5)43-45(34)32-28(36)16-23(17-29(32)37)39-21-53-25-10-9-11-26(19-25)55(50,51)52/h9-13,16-19,39H,6-8,14-15,21H2,1-5H3,(H,40,46)(H,47,48,49)(H,50,51,52). The molecule has 0 fully saturated rings. The van der Waals surface area contributed by atoms with Crippen molar-refractivity contribution in [2.45, 2.75) is 57.8 Å². The third-order valence-corrected chi connectivity index (χ3v) is 10.1. The predicted molar refractivity (Wildman–Crippen MR) is 211 cm³/mol. The van der Waals surface area contributed by atoms with Gasteiger partial charge in [0.25, 0.3) is 20.2 Å². The van der Waals surface area contributed by atoms with Crippen LogP contribution in [0.4, 0.5) is 28.6 Å². The summed E-state index contributed by atoms with van der Waals surface area (Å²) in [5, 5.41) is 29.9. The Hall–Kier alpha value is -4.77. The number of amides is 1. The molecule has 294 valence electrons. The highest BCUT2D eigenvalue weighted by Gasteiger charge is 2.29. The van der Waals surface area contributed by atoms with Crippen molar-refractivity contribution in [1.29, 1.82) is 5.26 Å². The SMILES string of the molecule is CCN(CCCCS(=O)(=O)O)c1ccc(N=Nc2c(C#N)c(C(C)(C)C)nn2-c2c(Cl)cc(NCOc3cccc(S(=O)(=O)O)c3)cc2Cl)c(NC(C)=O)c1. The van der Waals surface area contributed by atoms with Crippen molar-refractivity contribution in [2.24, 2.45) is 10.2 Å². The van der Waals surface area contributed by atoms with Gasteiger partial charge in [-0.15, -0.1) is 10.2 Å².